The number of nitrogens with one attached hydrogen (secondary N) is 1. The molecule has 1 atom stereocenters. The Bertz CT molecular complexity index is 749. The van der Waals surface area contributed by atoms with E-state index in [0.717, 1.165) is 9.75 Å². The lowest BCUT2D eigenvalue weighted by Crippen LogP contribution is -2.27. The molecule has 2 aromatic rings. The van der Waals surface area contributed by atoms with E-state index in [4.69, 9.17) is 28.9 Å². The number of benzene rings is 1. The SMILES string of the molecule is Cc1ccc(C(C)NS(=O)(=O)c2c(Cl)cc(N)cc2Cl)s1. The molecule has 0 aliphatic carbocycles. The van der Waals surface area contributed by atoms with Gasteiger partial charge in [0.1, 0.15) is 4.90 Å². The van der Waals surface area contributed by atoms with E-state index in [9.17, 15) is 8.42 Å². The molecule has 0 radical (unpaired) electrons. The van der Waals surface area contributed by atoms with Crippen LogP contribution in [-0.4, -0.2) is 8.42 Å². The summed E-state index contributed by atoms with van der Waals surface area (Å²) in [4.78, 5) is 1.87. The first-order chi connectivity index (χ1) is 9.70. The number of thiophene rings is 1. The van der Waals surface area contributed by atoms with Crippen LogP contribution in [0.2, 0.25) is 10.0 Å². The highest BCUT2D eigenvalue weighted by Crippen LogP contribution is 2.33. The Morgan fingerprint density at radius 3 is 2.29 bits per heavy atom. The van der Waals surface area contributed by atoms with Crippen LogP contribution < -0.4 is 10.5 Å². The summed E-state index contributed by atoms with van der Waals surface area (Å²) in [5.41, 5.74) is 5.90. The van der Waals surface area contributed by atoms with Crippen molar-refractivity contribution in [1.29, 1.82) is 0 Å². The van der Waals surface area contributed by atoms with Crippen molar-refractivity contribution in [2.24, 2.45) is 0 Å². The first kappa shape index (κ1) is 16.6. The maximum atomic E-state index is 12.5. The summed E-state index contributed by atoms with van der Waals surface area (Å²) in [7, 11) is -3.84. The molecular formula is C13H14Cl2N2O2S2. The lowest BCUT2D eigenvalue weighted by molar-refractivity contribution is 0.568. The minimum Gasteiger partial charge on any atom is -0.399 e. The van der Waals surface area contributed by atoms with Gasteiger partial charge >= 0.3 is 0 Å². The Kier molecular flexibility index (Phi) is 4.85. The van der Waals surface area contributed by atoms with Crippen LogP contribution in [0, 0.1) is 6.92 Å². The highest BCUT2D eigenvalue weighted by atomic mass is 35.5. The van der Waals surface area contributed by atoms with Crippen LogP contribution in [0.3, 0.4) is 0 Å². The van der Waals surface area contributed by atoms with Gasteiger partial charge in [-0.2, -0.15) is 0 Å². The molecule has 0 aliphatic heterocycles. The summed E-state index contributed by atoms with van der Waals surface area (Å²) < 4.78 is 27.5. The largest absolute Gasteiger partial charge is 0.399 e. The second kappa shape index (κ2) is 6.14. The predicted molar refractivity (Wildman–Crippen MR) is 88.7 cm³/mol. The number of sulfonamides is 1. The van der Waals surface area contributed by atoms with Gasteiger partial charge < -0.3 is 5.73 Å². The van der Waals surface area contributed by atoms with Crippen LogP contribution in [0.5, 0.6) is 0 Å². The minimum absolute atomic E-state index is 0.00191. The fourth-order valence-electron chi connectivity index (χ4n) is 1.87. The topological polar surface area (TPSA) is 72.2 Å². The van der Waals surface area contributed by atoms with Gasteiger partial charge in [0.15, 0.2) is 0 Å². The molecule has 1 unspecified atom stereocenters. The average molecular weight is 365 g/mol. The molecule has 0 amide bonds. The zero-order valence-electron chi connectivity index (χ0n) is 11.4. The molecule has 1 heterocycles. The number of hydrogen-bond donors (Lipinski definition) is 2. The van der Waals surface area contributed by atoms with E-state index >= 15 is 0 Å². The number of rotatable bonds is 4. The van der Waals surface area contributed by atoms with Crippen molar-refractivity contribution >= 4 is 50.2 Å². The molecule has 114 valence electrons. The minimum atomic E-state index is -3.84. The van der Waals surface area contributed by atoms with Crippen molar-refractivity contribution in [3.8, 4) is 0 Å². The van der Waals surface area contributed by atoms with Crippen LogP contribution in [0.15, 0.2) is 29.2 Å². The van der Waals surface area contributed by atoms with Gasteiger partial charge in [0.2, 0.25) is 10.0 Å². The standard InChI is InChI=1S/C13H14Cl2N2O2S2/c1-7-3-4-12(20-7)8(2)17-21(18,19)13-10(14)5-9(16)6-11(13)15/h3-6,8,17H,16H2,1-2H3. The molecule has 0 fully saturated rings. The van der Waals surface area contributed by atoms with E-state index in [0.29, 0.717) is 5.69 Å². The van der Waals surface area contributed by atoms with Crippen LogP contribution in [0.25, 0.3) is 0 Å². The molecule has 0 spiro atoms. The fraction of sp³-hybridized carbons (Fsp3) is 0.231. The highest BCUT2D eigenvalue weighted by Gasteiger charge is 2.25. The van der Waals surface area contributed by atoms with Crippen LogP contribution in [-0.2, 0) is 10.0 Å². The molecule has 0 saturated heterocycles. The third kappa shape index (κ3) is 3.70. The van der Waals surface area contributed by atoms with Gasteiger partial charge in [0.05, 0.1) is 16.1 Å². The lowest BCUT2D eigenvalue weighted by atomic mass is 10.3. The van der Waals surface area contributed by atoms with Gasteiger partial charge in [-0.15, -0.1) is 11.3 Å². The molecule has 1 aromatic carbocycles. The number of nitrogen functional groups attached to an aromatic ring is 1. The number of aryl methyl sites for hydroxylation is 1. The number of hydrogen-bond acceptors (Lipinski definition) is 4. The molecule has 2 rings (SSSR count). The number of halogens is 2. The Hall–Kier alpha value is -0.790. The van der Waals surface area contributed by atoms with Crippen molar-refractivity contribution in [2.45, 2.75) is 24.8 Å². The van der Waals surface area contributed by atoms with Crippen molar-refractivity contribution in [3.05, 3.63) is 44.1 Å². The molecule has 8 heteroatoms. The van der Waals surface area contributed by atoms with Crippen LogP contribution in [0.1, 0.15) is 22.7 Å². The zero-order valence-corrected chi connectivity index (χ0v) is 14.5. The van der Waals surface area contributed by atoms with Gasteiger partial charge in [-0.05, 0) is 38.1 Å². The Morgan fingerprint density at radius 2 is 1.81 bits per heavy atom. The summed E-state index contributed by atoms with van der Waals surface area (Å²) in [6, 6.07) is 6.18. The van der Waals surface area contributed by atoms with E-state index in [1.54, 1.807) is 6.92 Å². The molecule has 21 heavy (non-hydrogen) atoms. The Morgan fingerprint density at radius 1 is 1.24 bits per heavy atom. The van der Waals surface area contributed by atoms with E-state index in [1.807, 2.05) is 19.1 Å². The maximum Gasteiger partial charge on any atom is 0.244 e. The molecule has 4 nitrogen and oxygen atoms in total. The van der Waals surface area contributed by atoms with E-state index < -0.39 is 10.0 Å². The second-order valence-corrected chi connectivity index (χ2v) is 8.39. The van der Waals surface area contributed by atoms with Crippen molar-refractivity contribution < 1.29 is 8.42 Å². The first-order valence-electron chi connectivity index (χ1n) is 6.04. The maximum absolute atomic E-state index is 12.5. The smallest absolute Gasteiger partial charge is 0.244 e. The van der Waals surface area contributed by atoms with Gasteiger partial charge in [0, 0.05) is 15.4 Å². The Balaban J connectivity index is 2.35. The van der Waals surface area contributed by atoms with Crippen molar-refractivity contribution in [1.82, 2.24) is 4.72 Å². The average Bonchev–Trinajstić information content (AvgIpc) is 2.73. The van der Waals surface area contributed by atoms with Gasteiger partial charge in [-0.3, -0.25) is 0 Å². The van der Waals surface area contributed by atoms with Crippen molar-refractivity contribution in [3.63, 3.8) is 0 Å². The molecule has 0 bridgehead atoms. The van der Waals surface area contributed by atoms with Crippen LogP contribution >= 0.6 is 34.5 Å². The van der Waals surface area contributed by atoms with Gasteiger partial charge in [-0.1, -0.05) is 23.2 Å². The summed E-state index contributed by atoms with van der Waals surface area (Å²) in [5, 5.41) is 0.00382. The molecular weight excluding hydrogens is 351 g/mol. The second-order valence-electron chi connectivity index (χ2n) is 4.61. The molecule has 1 aromatic heterocycles. The summed E-state index contributed by atoms with van der Waals surface area (Å²) in [6.07, 6.45) is 0. The Labute approximate surface area is 137 Å². The quantitative estimate of drug-likeness (QED) is 0.805. The molecule has 0 aliphatic rings. The first-order valence-corrected chi connectivity index (χ1v) is 9.09. The van der Waals surface area contributed by atoms with E-state index in [1.165, 1.54) is 23.5 Å². The van der Waals surface area contributed by atoms with Gasteiger partial charge in [-0.25, -0.2) is 13.1 Å². The third-order valence-electron chi connectivity index (χ3n) is 2.81. The third-order valence-corrected chi connectivity index (χ3v) is 6.45. The summed E-state index contributed by atoms with van der Waals surface area (Å²) in [5.74, 6) is 0. The van der Waals surface area contributed by atoms with E-state index in [-0.39, 0.29) is 21.0 Å². The lowest BCUT2D eigenvalue weighted by Gasteiger charge is -2.15. The normalized spacial score (nSPS) is 13.3. The van der Waals surface area contributed by atoms with Crippen LogP contribution in [0.4, 0.5) is 5.69 Å². The van der Waals surface area contributed by atoms with Crippen molar-refractivity contribution in [2.75, 3.05) is 5.73 Å². The fourth-order valence-corrected chi connectivity index (χ4v) is 5.28. The monoisotopic (exact) mass is 364 g/mol. The summed E-state index contributed by atoms with van der Waals surface area (Å²) >= 11 is 13.5. The predicted octanol–water partition coefficient (Wildman–Crippen LogP) is 3.99. The van der Waals surface area contributed by atoms with E-state index in [2.05, 4.69) is 4.72 Å². The zero-order chi connectivity index (χ0) is 15.8. The molecule has 3 N–H and O–H groups in total. The molecule has 0 saturated carbocycles. The number of nitrogens with two attached hydrogens (primary N) is 1. The van der Waals surface area contributed by atoms with Gasteiger partial charge in [0.25, 0.3) is 0 Å². The number of anilines is 1. The highest BCUT2D eigenvalue weighted by molar-refractivity contribution is 7.89. The summed E-state index contributed by atoms with van der Waals surface area (Å²) in [6.45, 7) is 3.73.